The Hall–Kier alpha value is -2.99. The summed E-state index contributed by atoms with van der Waals surface area (Å²) in [7, 11) is 0. The molecule has 1 aromatic heterocycles. The topological polar surface area (TPSA) is 86.2 Å². The SMILES string of the molecule is Cc1noc(C[C@@H](CC(=O)c2ccccc2)c2ccc(Cl)cc2)c1[N+](=O)[O-]. The number of hydrogen-bond donors (Lipinski definition) is 0. The van der Waals surface area contributed by atoms with Crippen LogP contribution in [0.2, 0.25) is 5.02 Å². The van der Waals surface area contributed by atoms with Gasteiger partial charge in [-0.1, -0.05) is 59.2 Å². The molecule has 1 heterocycles. The minimum atomic E-state index is -0.501. The number of nitrogens with zero attached hydrogens (tertiary/aromatic N) is 2. The molecule has 0 saturated heterocycles. The molecule has 0 saturated carbocycles. The van der Waals surface area contributed by atoms with Crippen molar-refractivity contribution in [1.29, 1.82) is 0 Å². The molecule has 3 rings (SSSR count). The van der Waals surface area contributed by atoms with Crippen LogP contribution in [-0.4, -0.2) is 15.9 Å². The van der Waals surface area contributed by atoms with Gasteiger partial charge in [0, 0.05) is 23.4 Å². The molecule has 3 aromatic rings. The second-order valence-corrected chi connectivity index (χ2v) is 6.68. The van der Waals surface area contributed by atoms with Crippen LogP contribution in [-0.2, 0) is 6.42 Å². The molecule has 0 radical (unpaired) electrons. The van der Waals surface area contributed by atoms with Crippen molar-refractivity contribution < 1.29 is 14.2 Å². The summed E-state index contributed by atoms with van der Waals surface area (Å²) in [6.45, 7) is 1.53. The minimum absolute atomic E-state index is 0.0468. The average Bonchev–Trinajstić information content (AvgIpc) is 3.03. The van der Waals surface area contributed by atoms with Gasteiger partial charge in [-0.25, -0.2) is 0 Å². The molecule has 0 amide bonds. The van der Waals surface area contributed by atoms with Crippen molar-refractivity contribution in [2.24, 2.45) is 0 Å². The van der Waals surface area contributed by atoms with Crippen LogP contribution in [0, 0.1) is 17.0 Å². The first kappa shape index (κ1) is 18.8. The van der Waals surface area contributed by atoms with Gasteiger partial charge in [0.05, 0.1) is 4.92 Å². The zero-order valence-corrected chi connectivity index (χ0v) is 15.3. The number of aromatic nitrogens is 1. The highest BCUT2D eigenvalue weighted by molar-refractivity contribution is 6.30. The van der Waals surface area contributed by atoms with Crippen LogP contribution < -0.4 is 0 Å². The lowest BCUT2D eigenvalue weighted by atomic mass is 9.88. The van der Waals surface area contributed by atoms with Crippen LogP contribution in [0.15, 0.2) is 59.1 Å². The Kier molecular flexibility index (Phi) is 5.66. The molecule has 0 unspecified atom stereocenters. The molecule has 2 aromatic carbocycles. The Morgan fingerprint density at radius 3 is 2.48 bits per heavy atom. The quantitative estimate of drug-likeness (QED) is 0.319. The first-order chi connectivity index (χ1) is 13.0. The van der Waals surface area contributed by atoms with E-state index in [1.54, 1.807) is 36.4 Å². The number of rotatable bonds is 7. The predicted octanol–water partition coefficient (Wildman–Crippen LogP) is 5.14. The molecule has 7 heteroatoms. The number of carbonyl (C=O) groups excluding carboxylic acids is 1. The van der Waals surface area contributed by atoms with Gasteiger partial charge in [-0.2, -0.15) is 0 Å². The van der Waals surface area contributed by atoms with Gasteiger partial charge in [0.1, 0.15) is 0 Å². The van der Waals surface area contributed by atoms with Crippen molar-refractivity contribution in [2.75, 3.05) is 0 Å². The van der Waals surface area contributed by atoms with E-state index in [9.17, 15) is 14.9 Å². The third-order valence-corrected chi connectivity index (χ3v) is 4.63. The highest BCUT2D eigenvalue weighted by Gasteiger charge is 2.28. The zero-order chi connectivity index (χ0) is 19.4. The number of nitro groups is 1. The summed E-state index contributed by atoms with van der Waals surface area (Å²) in [5.74, 6) is -0.186. The van der Waals surface area contributed by atoms with E-state index >= 15 is 0 Å². The summed E-state index contributed by atoms with van der Waals surface area (Å²) in [6.07, 6.45) is 0.375. The Balaban J connectivity index is 1.92. The normalized spacial score (nSPS) is 11.9. The summed E-state index contributed by atoms with van der Waals surface area (Å²) in [6, 6.07) is 16.1. The Morgan fingerprint density at radius 1 is 1.19 bits per heavy atom. The molecule has 138 valence electrons. The van der Waals surface area contributed by atoms with E-state index in [0.717, 1.165) is 5.56 Å². The van der Waals surface area contributed by atoms with Crippen molar-refractivity contribution in [2.45, 2.75) is 25.7 Å². The van der Waals surface area contributed by atoms with Gasteiger partial charge in [0.2, 0.25) is 5.76 Å². The molecular formula is C20H17ClN2O4. The third kappa shape index (κ3) is 4.41. The molecule has 0 bridgehead atoms. The number of halogens is 1. The summed E-state index contributed by atoms with van der Waals surface area (Å²) in [4.78, 5) is 23.5. The van der Waals surface area contributed by atoms with Gasteiger partial charge in [0.15, 0.2) is 11.5 Å². The summed E-state index contributed by atoms with van der Waals surface area (Å²) in [5, 5.41) is 15.6. The lowest BCUT2D eigenvalue weighted by Crippen LogP contribution is -2.11. The Labute approximate surface area is 160 Å². The number of Topliss-reactive ketones (excluding diaryl/α,β-unsaturated/α-hetero) is 1. The van der Waals surface area contributed by atoms with Crippen molar-refractivity contribution in [3.05, 3.63) is 92.3 Å². The average molecular weight is 385 g/mol. The van der Waals surface area contributed by atoms with E-state index in [4.69, 9.17) is 16.1 Å². The van der Waals surface area contributed by atoms with Gasteiger partial charge in [-0.15, -0.1) is 0 Å². The van der Waals surface area contributed by atoms with Crippen LogP contribution in [0.1, 0.15) is 39.7 Å². The van der Waals surface area contributed by atoms with Gasteiger partial charge < -0.3 is 4.52 Å². The highest BCUT2D eigenvalue weighted by Crippen LogP contribution is 2.32. The monoisotopic (exact) mass is 384 g/mol. The highest BCUT2D eigenvalue weighted by atomic mass is 35.5. The van der Waals surface area contributed by atoms with Gasteiger partial charge in [-0.05, 0) is 30.5 Å². The fraction of sp³-hybridized carbons (Fsp3) is 0.200. The Bertz CT molecular complexity index is 952. The van der Waals surface area contributed by atoms with Crippen LogP contribution in [0.3, 0.4) is 0 Å². The summed E-state index contributed by atoms with van der Waals surface area (Å²) >= 11 is 5.96. The Morgan fingerprint density at radius 2 is 1.85 bits per heavy atom. The lowest BCUT2D eigenvalue weighted by Gasteiger charge is -2.15. The van der Waals surface area contributed by atoms with E-state index in [0.29, 0.717) is 10.6 Å². The fourth-order valence-electron chi connectivity index (χ4n) is 3.01. The van der Waals surface area contributed by atoms with E-state index in [1.807, 2.05) is 18.2 Å². The van der Waals surface area contributed by atoms with Crippen molar-refractivity contribution >= 4 is 23.1 Å². The molecule has 0 aliphatic heterocycles. The molecule has 6 nitrogen and oxygen atoms in total. The summed E-state index contributed by atoms with van der Waals surface area (Å²) < 4.78 is 5.19. The minimum Gasteiger partial charge on any atom is -0.354 e. The van der Waals surface area contributed by atoms with Gasteiger partial charge in [-0.3, -0.25) is 14.9 Å². The van der Waals surface area contributed by atoms with E-state index in [2.05, 4.69) is 5.16 Å². The first-order valence-corrected chi connectivity index (χ1v) is 8.76. The van der Waals surface area contributed by atoms with Gasteiger partial charge >= 0.3 is 5.69 Å². The zero-order valence-electron chi connectivity index (χ0n) is 14.6. The van der Waals surface area contributed by atoms with Crippen LogP contribution >= 0.6 is 11.6 Å². The van der Waals surface area contributed by atoms with E-state index in [1.165, 1.54) is 6.92 Å². The smallest absolute Gasteiger partial charge is 0.334 e. The maximum Gasteiger partial charge on any atom is 0.334 e. The van der Waals surface area contributed by atoms with E-state index in [-0.39, 0.29) is 41.7 Å². The van der Waals surface area contributed by atoms with Crippen LogP contribution in [0.25, 0.3) is 0 Å². The molecule has 0 N–H and O–H groups in total. The molecule has 0 spiro atoms. The molecular weight excluding hydrogens is 368 g/mol. The second kappa shape index (κ2) is 8.14. The van der Waals surface area contributed by atoms with Crippen molar-refractivity contribution in [3.8, 4) is 0 Å². The fourth-order valence-corrected chi connectivity index (χ4v) is 3.14. The number of ketones is 1. The first-order valence-electron chi connectivity index (χ1n) is 8.39. The number of hydrogen-bond acceptors (Lipinski definition) is 5. The van der Waals surface area contributed by atoms with Crippen LogP contribution in [0.4, 0.5) is 5.69 Å². The van der Waals surface area contributed by atoms with Crippen LogP contribution in [0.5, 0.6) is 0 Å². The molecule has 0 aliphatic rings. The molecule has 0 fully saturated rings. The maximum atomic E-state index is 12.7. The van der Waals surface area contributed by atoms with Crippen molar-refractivity contribution in [1.82, 2.24) is 5.16 Å². The molecule has 0 aliphatic carbocycles. The third-order valence-electron chi connectivity index (χ3n) is 4.38. The largest absolute Gasteiger partial charge is 0.354 e. The van der Waals surface area contributed by atoms with Gasteiger partial charge in [0.25, 0.3) is 0 Å². The van der Waals surface area contributed by atoms with E-state index < -0.39 is 4.92 Å². The summed E-state index contributed by atoms with van der Waals surface area (Å²) in [5.41, 5.74) is 1.53. The number of aryl methyl sites for hydroxylation is 1. The standard InChI is InChI=1S/C20H17ClN2O4/c1-13-20(23(25)26)19(27-22-13)12-16(14-7-9-17(21)10-8-14)11-18(24)15-5-3-2-4-6-15/h2-10,16H,11-12H2,1H3/t16-/m1/s1. The van der Waals surface area contributed by atoms with Crippen molar-refractivity contribution in [3.63, 3.8) is 0 Å². The second-order valence-electron chi connectivity index (χ2n) is 6.24. The number of carbonyl (C=O) groups is 1. The lowest BCUT2D eigenvalue weighted by molar-refractivity contribution is -0.386. The predicted molar refractivity (Wildman–Crippen MR) is 101 cm³/mol. The number of benzene rings is 2. The molecule has 1 atom stereocenters. The molecule has 27 heavy (non-hydrogen) atoms. The maximum absolute atomic E-state index is 12.7.